The Morgan fingerprint density at radius 3 is 2.55 bits per heavy atom. The number of halogens is 1. The van der Waals surface area contributed by atoms with E-state index in [1.165, 1.54) is 5.56 Å². The molecular weight excluding hydrogens is 268 g/mol. The molecule has 0 fully saturated rings. The van der Waals surface area contributed by atoms with Gasteiger partial charge in [-0.3, -0.25) is 0 Å². The van der Waals surface area contributed by atoms with Gasteiger partial charge in [0.1, 0.15) is 12.4 Å². The number of rotatable bonds is 4. The van der Waals surface area contributed by atoms with Crippen LogP contribution in [0.25, 0.3) is 0 Å². The molecule has 1 nitrogen and oxygen atoms in total. The normalized spacial score (nSPS) is 9.70. The first kappa shape index (κ1) is 14.5. The van der Waals surface area contributed by atoms with Gasteiger partial charge < -0.3 is 4.74 Å². The van der Waals surface area contributed by atoms with Crippen LogP contribution in [0.15, 0.2) is 48.5 Å². The molecule has 0 aliphatic heterocycles. The molecule has 0 heterocycles. The highest BCUT2D eigenvalue weighted by molar-refractivity contribution is 6.18. The summed E-state index contributed by atoms with van der Waals surface area (Å²) in [6.07, 6.45) is 0.688. The quantitative estimate of drug-likeness (QED) is 0.591. The van der Waals surface area contributed by atoms with Gasteiger partial charge >= 0.3 is 0 Å². The van der Waals surface area contributed by atoms with E-state index in [1.807, 2.05) is 24.3 Å². The molecule has 0 bridgehead atoms. The molecule has 0 atom stereocenters. The van der Waals surface area contributed by atoms with Gasteiger partial charge in [0.15, 0.2) is 0 Å². The highest BCUT2D eigenvalue weighted by Crippen LogP contribution is 2.18. The van der Waals surface area contributed by atoms with E-state index in [1.54, 1.807) is 0 Å². The number of hydrogen-bond acceptors (Lipinski definition) is 1. The molecule has 0 aliphatic carbocycles. The zero-order valence-corrected chi connectivity index (χ0v) is 12.3. The van der Waals surface area contributed by atoms with Crippen LogP contribution in [0.2, 0.25) is 0 Å². The van der Waals surface area contributed by atoms with Crippen LogP contribution in [-0.2, 0) is 6.61 Å². The van der Waals surface area contributed by atoms with Crippen molar-refractivity contribution in [2.75, 3.05) is 5.88 Å². The van der Waals surface area contributed by atoms with Gasteiger partial charge in [-0.1, -0.05) is 53.8 Å². The van der Waals surface area contributed by atoms with Gasteiger partial charge in [0, 0.05) is 12.3 Å². The third-order valence-corrected chi connectivity index (χ3v) is 3.03. The van der Waals surface area contributed by atoms with Crippen LogP contribution in [0.1, 0.15) is 23.1 Å². The van der Waals surface area contributed by atoms with Crippen LogP contribution in [0.5, 0.6) is 5.75 Å². The first-order chi connectivity index (χ1) is 9.79. The number of alkyl halides is 1. The topological polar surface area (TPSA) is 9.23 Å². The summed E-state index contributed by atoms with van der Waals surface area (Å²) in [6, 6.07) is 16.2. The lowest BCUT2D eigenvalue weighted by Crippen LogP contribution is -1.97. The highest BCUT2D eigenvalue weighted by atomic mass is 35.5. The van der Waals surface area contributed by atoms with E-state index < -0.39 is 0 Å². The average Bonchev–Trinajstić information content (AvgIpc) is 2.48. The van der Waals surface area contributed by atoms with Crippen LogP contribution >= 0.6 is 11.6 Å². The van der Waals surface area contributed by atoms with Crippen molar-refractivity contribution in [3.63, 3.8) is 0 Å². The summed E-state index contributed by atoms with van der Waals surface area (Å²) in [6.45, 7) is 2.63. The summed E-state index contributed by atoms with van der Waals surface area (Å²) in [4.78, 5) is 0. The predicted molar refractivity (Wildman–Crippen MR) is 84.2 cm³/mol. The van der Waals surface area contributed by atoms with Crippen molar-refractivity contribution in [2.45, 2.75) is 20.0 Å². The van der Waals surface area contributed by atoms with Crippen LogP contribution in [-0.4, -0.2) is 5.88 Å². The molecule has 2 rings (SSSR count). The molecule has 0 unspecified atom stereocenters. The van der Waals surface area contributed by atoms with Crippen LogP contribution in [0, 0.1) is 18.8 Å². The molecule has 0 spiro atoms. The van der Waals surface area contributed by atoms with Gasteiger partial charge in [0.2, 0.25) is 0 Å². The fraction of sp³-hybridized carbons (Fsp3) is 0.222. The van der Waals surface area contributed by atoms with E-state index in [9.17, 15) is 0 Å². The summed E-state index contributed by atoms with van der Waals surface area (Å²) in [5.41, 5.74) is 3.31. The maximum atomic E-state index is 5.86. The van der Waals surface area contributed by atoms with Crippen molar-refractivity contribution >= 4 is 11.6 Å². The maximum Gasteiger partial charge on any atom is 0.135 e. The molecule has 0 aromatic heterocycles. The molecule has 0 aliphatic rings. The Balaban J connectivity index is 2.06. The van der Waals surface area contributed by atoms with E-state index in [0.717, 1.165) is 16.9 Å². The van der Waals surface area contributed by atoms with Gasteiger partial charge in [-0.2, -0.15) is 0 Å². The van der Waals surface area contributed by atoms with Gasteiger partial charge in [-0.05, 0) is 24.6 Å². The number of hydrogen-bond donors (Lipinski definition) is 0. The highest BCUT2D eigenvalue weighted by Gasteiger charge is 2.00. The number of para-hydroxylation sites is 1. The Labute approximate surface area is 125 Å². The summed E-state index contributed by atoms with van der Waals surface area (Å²) < 4.78 is 5.86. The van der Waals surface area contributed by atoms with Crippen molar-refractivity contribution in [2.24, 2.45) is 0 Å². The van der Waals surface area contributed by atoms with E-state index in [0.29, 0.717) is 18.9 Å². The lowest BCUT2D eigenvalue weighted by molar-refractivity contribution is 0.305. The lowest BCUT2D eigenvalue weighted by Gasteiger charge is -2.08. The van der Waals surface area contributed by atoms with Crippen LogP contribution < -0.4 is 4.74 Å². The molecule has 2 aromatic rings. The SMILES string of the molecule is Cc1ccc(COc2ccccc2C#CCCCl)cc1. The number of aryl methyl sites for hydroxylation is 1. The van der Waals surface area contributed by atoms with Crippen molar-refractivity contribution < 1.29 is 4.74 Å². The first-order valence-electron chi connectivity index (χ1n) is 6.62. The third kappa shape index (κ3) is 4.33. The van der Waals surface area contributed by atoms with Crippen LogP contribution in [0.3, 0.4) is 0 Å². The van der Waals surface area contributed by atoms with Crippen molar-refractivity contribution in [3.05, 3.63) is 65.2 Å². The molecule has 0 amide bonds. The van der Waals surface area contributed by atoms with Gasteiger partial charge in [-0.15, -0.1) is 11.6 Å². The van der Waals surface area contributed by atoms with Crippen molar-refractivity contribution in [1.82, 2.24) is 0 Å². The van der Waals surface area contributed by atoms with Crippen molar-refractivity contribution in [3.8, 4) is 17.6 Å². The Bertz CT molecular complexity index is 605. The van der Waals surface area contributed by atoms with Gasteiger partial charge in [0.25, 0.3) is 0 Å². The summed E-state index contributed by atoms with van der Waals surface area (Å²) in [5.74, 6) is 7.51. The fourth-order valence-electron chi connectivity index (χ4n) is 1.75. The molecule has 0 saturated heterocycles. The van der Waals surface area contributed by atoms with Gasteiger partial charge in [-0.25, -0.2) is 0 Å². The second-order valence-electron chi connectivity index (χ2n) is 4.51. The molecule has 0 radical (unpaired) electrons. The summed E-state index contributed by atoms with van der Waals surface area (Å²) in [7, 11) is 0. The fourth-order valence-corrected chi connectivity index (χ4v) is 1.84. The van der Waals surface area contributed by atoms with Crippen LogP contribution in [0.4, 0.5) is 0 Å². The minimum Gasteiger partial charge on any atom is -0.488 e. The number of benzene rings is 2. The largest absolute Gasteiger partial charge is 0.488 e. The molecule has 0 saturated carbocycles. The Morgan fingerprint density at radius 2 is 1.80 bits per heavy atom. The predicted octanol–water partition coefficient (Wildman–Crippen LogP) is 4.55. The van der Waals surface area contributed by atoms with Gasteiger partial charge in [0.05, 0.1) is 5.56 Å². The maximum absolute atomic E-state index is 5.86. The lowest BCUT2D eigenvalue weighted by atomic mass is 10.1. The molecule has 20 heavy (non-hydrogen) atoms. The van der Waals surface area contributed by atoms with E-state index in [4.69, 9.17) is 16.3 Å². The second kappa shape index (κ2) is 7.62. The standard InChI is InChI=1S/C18H17ClO/c1-15-9-11-16(12-10-15)14-20-18-8-3-2-6-17(18)7-4-5-13-19/h2-3,6,8-12H,5,13-14H2,1H3. The van der Waals surface area contributed by atoms with E-state index >= 15 is 0 Å². The summed E-state index contributed by atoms with van der Waals surface area (Å²) in [5, 5.41) is 0. The molecule has 102 valence electrons. The zero-order valence-electron chi connectivity index (χ0n) is 11.5. The van der Waals surface area contributed by atoms with E-state index in [-0.39, 0.29) is 0 Å². The monoisotopic (exact) mass is 284 g/mol. The Kier molecular flexibility index (Phi) is 5.53. The average molecular weight is 285 g/mol. The molecular formula is C18H17ClO. The van der Waals surface area contributed by atoms with E-state index in [2.05, 4.69) is 43.0 Å². The molecule has 0 N–H and O–H groups in total. The Hall–Kier alpha value is -1.91. The first-order valence-corrected chi connectivity index (χ1v) is 7.15. The smallest absolute Gasteiger partial charge is 0.135 e. The van der Waals surface area contributed by atoms with Crippen molar-refractivity contribution in [1.29, 1.82) is 0 Å². The number of ether oxygens (including phenoxy) is 1. The zero-order chi connectivity index (χ0) is 14.2. The molecule has 2 aromatic carbocycles. The Morgan fingerprint density at radius 1 is 1.05 bits per heavy atom. The second-order valence-corrected chi connectivity index (χ2v) is 4.89. The summed E-state index contributed by atoms with van der Waals surface area (Å²) >= 11 is 5.63. The minimum atomic E-state index is 0.550. The molecule has 2 heteroatoms. The third-order valence-electron chi connectivity index (χ3n) is 2.84. The minimum absolute atomic E-state index is 0.550.